The normalized spacial score (nSPS) is 11.9. The van der Waals surface area contributed by atoms with Gasteiger partial charge < -0.3 is 14.1 Å². The smallest absolute Gasteiger partial charge is 0.228 e. The molecule has 0 unspecified atom stereocenters. The van der Waals surface area contributed by atoms with E-state index in [-0.39, 0.29) is 23.4 Å². The first-order chi connectivity index (χ1) is 10.5. The average molecular weight is 339 g/mol. The number of aliphatic hydroxyl groups is 1. The van der Waals surface area contributed by atoms with Gasteiger partial charge >= 0.3 is 0 Å². The Bertz CT molecular complexity index is 878. The quantitative estimate of drug-likeness (QED) is 0.758. The summed E-state index contributed by atoms with van der Waals surface area (Å²) in [5, 5.41) is 10.9. The van der Waals surface area contributed by atoms with Gasteiger partial charge in [-0.15, -0.1) is 11.3 Å². The Morgan fingerprint density at radius 1 is 1.36 bits per heavy atom. The van der Waals surface area contributed by atoms with Gasteiger partial charge in [0, 0.05) is 7.05 Å². The number of hydrogen-bond donors (Lipinski definition) is 1. The highest BCUT2D eigenvalue weighted by atomic mass is 32.2. The van der Waals surface area contributed by atoms with Gasteiger partial charge in [0.25, 0.3) is 0 Å². The van der Waals surface area contributed by atoms with Crippen LogP contribution in [0.15, 0.2) is 39.5 Å². The lowest BCUT2D eigenvalue weighted by atomic mass is 10.4. The highest BCUT2D eigenvalue weighted by Gasteiger charge is 2.24. The van der Waals surface area contributed by atoms with Crippen molar-refractivity contribution in [1.82, 2.24) is 14.5 Å². The van der Waals surface area contributed by atoms with Crippen LogP contribution in [-0.2, 0) is 29.2 Å². The van der Waals surface area contributed by atoms with Crippen molar-refractivity contribution in [3.05, 3.63) is 41.5 Å². The number of thiophene rings is 1. The van der Waals surface area contributed by atoms with E-state index in [0.29, 0.717) is 11.5 Å². The zero-order valence-electron chi connectivity index (χ0n) is 11.6. The standard InChI is InChI=1S/C13H13N3O4S2/c1-16-9(7-17)5-15-13(16)22(18,19)8-12-14-6-10(20-12)11-3-2-4-21-11/h2-6,17H,7-8H2,1H3. The maximum absolute atomic E-state index is 12.4. The van der Waals surface area contributed by atoms with Crippen LogP contribution in [0.25, 0.3) is 10.6 Å². The number of aromatic nitrogens is 3. The average Bonchev–Trinajstić information content (AvgIpc) is 3.17. The predicted molar refractivity (Wildman–Crippen MR) is 79.8 cm³/mol. The first kappa shape index (κ1) is 14.9. The van der Waals surface area contributed by atoms with Gasteiger partial charge in [-0.05, 0) is 11.4 Å². The number of nitrogens with zero attached hydrogens (tertiary/aromatic N) is 3. The maximum atomic E-state index is 12.4. The fourth-order valence-electron chi connectivity index (χ4n) is 2.00. The molecule has 3 heterocycles. The molecular weight excluding hydrogens is 326 g/mol. The molecule has 3 aromatic rings. The van der Waals surface area contributed by atoms with Gasteiger partial charge in [0.15, 0.2) is 5.76 Å². The number of aliphatic hydroxyl groups excluding tert-OH is 1. The van der Waals surface area contributed by atoms with Gasteiger partial charge in [-0.25, -0.2) is 18.4 Å². The molecule has 9 heteroatoms. The number of oxazole rings is 1. The van der Waals surface area contributed by atoms with Gasteiger partial charge in [-0.3, -0.25) is 0 Å². The molecule has 3 aromatic heterocycles. The van der Waals surface area contributed by atoms with Gasteiger partial charge in [0.05, 0.1) is 29.6 Å². The fraction of sp³-hybridized carbons (Fsp3) is 0.231. The second kappa shape index (κ2) is 5.67. The molecule has 7 nitrogen and oxygen atoms in total. The van der Waals surface area contributed by atoms with Crippen LogP contribution in [0.3, 0.4) is 0 Å². The van der Waals surface area contributed by atoms with Gasteiger partial charge in [0.1, 0.15) is 5.75 Å². The largest absolute Gasteiger partial charge is 0.439 e. The predicted octanol–water partition coefficient (Wildman–Crippen LogP) is 1.60. The van der Waals surface area contributed by atoms with E-state index in [9.17, 15) is 8.42 Å². The number of sulfone groups is 1. The molecule has 0 fully saturated rings. The van der Waals surface area contributed by atoms with Crippen molar-refractivity contribution in [2.45, 2.75) is 17.5 Å². The molecule has 22 heavy (non-hydrogen) atoms. The maximum Gasteiger partial charge on any atom is 0.228 e. The molecule has 0 saturated carbocycles. The lowest BCUT2D eigenvalue weighted by Gasteiger charge is -2.04. The summed E-state index contributed by atoms with van der Waals surface area (Å²) in [6.07, 6.45) is 2.84. The molecule has 1 N–H and O–H groups in total. The summed E-state index contributed by atoms with van der Waals surface area (Å²) in [7, 11) is -2.16. The Balaban J connectivity index is 1.87. The summed E-state index contributed by atoms with van der Waals surface area (Å²) < 4.78 is 31.6. The minimum absolute atomic E-state index is 0.108. The third kappa shape index (κ3) is 2.70. The van der Waals surface area contributed by atoms with Crippen molar-refractivity contribution in [2.75, 3.05) is 0 Å². The number of imidazole rings is 1. The minimum atomic E-state index is -3.70. The summed E-state index contributed by atoms with van der Waals surface area (Å²) >= 11 is 1.49. The topological polar surface area (TPSA) is 98.2 Å². The van der Waals surface area contributed by atoms with Crippen molar-refractivity contribution >= 4 is 21.2 Å². The van der Waals surface area contributed by atoms with Crippen LogP contribution >= 0.6 is 11.3 Å². The molecular formula is C13H13N3O4S2. The number of hydrogen-bond acceptors (Lipinski definition) is 7. The van der Waals surface area contributed by atoms with Gasteiger partial charge in [-0.1, -0.05) is 6.07 Å². The number of rotatable bonds is 5. The lowest BCUT2D eigenvalue weighted by molar-refractivity contribution is 0.271. The van der Waals surface area contributed by atoms with Gasteiger partial charge in [-0.2, -0.15) is 0 Å². The summed E-state index contributed by atoms with van der Waals surface area (Å²) in [5.74, 6) is 0.265. The minimum Gasteiger partial charge on any atom is -0.439 e. The first-order valence-electron chi connectivity index (χ1n) is 6.34. The van der Waals surface area contributed by atoms with Crippen LogP contribution in [0.4, 0.5) is 0 Å². The van der Waals surface area contributed by atoms with E-state index in [2.05, 4.69) is 9.97 Å². The Hall–Kier alpha value is -1.97. The van der Waals surface area contributed by atoms with Crippen molar-refractivity contribution in [3.8, 4) is 10.6 Å². The van der Waals surface area contributed by atoms with E-state index < -0.39 is 9.84 Å². The van der Waals surface area contributed by atoms with E-state index in [4.69, 9.17) is 9.52 Å². The van der Waals surface area contributed by atoms with Crippen LogP contribution < -0.4 is 0 Å². The second-order valence-corrected chi connectivity index (χ2v) is 7.43. The van der Waals surface area contributed by atoms with E-state index in [1.54, 1.807) is 0 Å². The van der Waals surface area contributed by atoms with E-state index >= 15 is 0 Å². The molecule has 0 amide bonds. The first-order valence-corrected chi connectivity index (χ1v) is 8.87. The molecule has 116 valence electrons. The molecule has 0 bridgehead atoms. The monoisotopic (exact) mass is 339 g/mol. The zero-order chi connectivity index (χ0) is 15.7. The zero-order valence-corrected chi connectivity index (χ0v) is 13.3. The van der Waals surface area contributed by atoms with E-state index in [1.807, 2.05) is 17.5 Å². The Kier molecular flexibility index (Phi) is 3.85. The lowest BCUT2D eigenvalue weighted by Crippen LogP contribution is -2.12. The molecule has 0 atom stereocenters. The Morgan fingerprint density at radius 2 is 2.18 bits per heavy atom. The van der Waals surface area contributed by atoms with Crippen molar-refractivity contribution in [2.24, 2.45) is 7.05 Å². The SMILES string of the molecule is Cn1c(CO)cnc1S(=O)(=O)Cc1ncc(-c2cccs2)o1. The third-order valence-corrected chi connectivity index (χ3v) is 5.56. The summed E-state index contributed by atoms with van der Waals surface area (Å²) in [6, 6.07) is 3.75. The molecule has 0 aliphatic heterocycles. The highest BCUT2D eigenvalue weighted by molar-refractivity contribution is 7.90. The Morgan fingerprint density at radius 3 is 2.82 bits per heavy atom. The van der Waals surface area contributed by atoms with E-state index in [1.165, 1.54) is 35.3 Å². The van der Waals surface area contributed by atoms with Crippen molar-refractivity contribution < 1.29 is 17.9 Å². The Labute approximate surface area is 130 Å². The molecule has 0 aliphatic rings. The molecule has 0 aromatic carbocycles. The third-order valence-electron chi connectivity index (χ3n) is 3.11. The highest BCUT2D eigenvalue weighted by Crippen LogP contribution is 2.26. The fourth-order valence-corrected chi connectivity index (χ4v) is 4.01. The molecule has 0 radical (unpaired) electrons. The summed E-state index contributed by atoms with van der Waals surface area (Å²) in [6.45, 7) is -0.277. The van der Waals surface area contributed by atoms with Crippen LogP contribution in [-0.4, -0.2) is 28.1 Å². The molecule has 0 saturated heterocycles. The van der Waals surface area contributed by atoms with Crippen LogP contribution in [0.1, 0.15) is 11.6 Å². The molecule has 0 spiro atoms. The summed E-state index contributed by atoms with van der Waals surface area (Å²) in [4.78, 5) is 8.76. The molecule has 3 rings (SSSR count). The van der Waals surface area contributed by atoms with Gasteiger partial charge in [0.2, 0.25) is 20.9 Å². The van der Waals surface area contributed by atoms with Crippen LogP contribution in [0, 0.1) is 0 Å². The second-order valence-electron chi connectivity index (χ2n) is 4.60. The molecule has 0 aliphatic carbocycles. The van der Waals surface area contributed by atoms with Crippen LogP contribution in [0.2, 0.25) is 0 Å². The van der Waals surface area contributed by atoms with E-state index in [0.717, 1.165) is 4.88 Å². The van der Waals surface area contributed by atoms with Crippen molar-refractivity contribution in [1.29, 1.82) is 0 Å². The summed E-state index contributed by atoms with van der Waals surface area (Å²) in [5.41, 5.74) is 0.422. The van der Waals surface area contributed by atoms with Crippen LogP contribution in [0.5, 0.6) is 0 Å². The van der Waals surface area contributed by atoms with Crippen molar-refractivity contribution in [3.63, 3.8) is 0 Å².